The molecule has 0 aliphatic carbocycles. The Balaban J connectivity index is 0.00000348. The van der Waals surface area contributed by atoms with E-state index in [2.05, 4.69) is 158 Å². The molecular weight excluding hydrogens is 786 g/mol. The number of pyridine rings is 1. The third kappa shape index (κ3) is 5.00. The summed E-state index contributed by atoms with van der Waals surface area (Å²) in [4.78, 5) is 9.15. The van der Waals surface area contributed by atoms with Crippen LogP contribution in [0.4, 0.5) is 17.1 Å². The van der Waals surface area contributed by atoms with Crippen LogP contribution in [0.15, 0.2) is 109 Å². The predicted molar refractivity (Wildman–Crippen MR) is 197 cm³/mol. The van der Waals surface area contributed by atoms with Crippen LogP contribution in [0.25, 0.3) is 49.4 Å². The molecule has 0 N–H and O–H groups in total. The van der Waals surface area contributed by atoms with Gasteiger partial charge in [0, 0.05) is 79.0 Å². The van der Waals surface area contributed by atoms with E-state index < -0.39 is 0 Å². The molecule has 0 fully saturated rings. The molecule has 4 heterocycles. The van der Waals surface area contributed by atoms with Crippen LogP contribution in [-0.2, 0) is 33.5 Å². The van der Waals surface area contributed by atoms with Crippen LogP contribution >= 0.6 is 0 Å². The van der Waals surface area contributed by atoms with Crippen molar-refractivity contribution in [3.8, 4) is 17.3 Å². The van der Waals surface area contributed by atoms with E-state index >= 15 is 0 Å². The average Bonchev–Trinajstić information content (AvgIpc) is 3.70. The molecule has 0 saturated heterocycles. The topological polar surface area (TPSA) is 38.5 Å². The number of hydrogen-bond acceptors (Lipinski definition) is 4. The average molecular weight is 820 g/mol. The van der Waals surface area contributed by atoms with Crippen molar-refractivity contribution >= 4 is 60.7 Å². The SMILES string of the molecule is CN1[CH-]N(c2[c-]c(Oc3[c-]c4c(cc3)c3ccccc3n4-c3cc(C(C)(C)C)ccn3)ccc2)c2cc3c4ccccc4n(C)c3cc21.[Pt]. The van der Waals surface area contributed by atoms with E-state index in [9.17, 15) is 0 Å². The molecule has 49 heavy (non-hydrogen) atoms. The van der Waals surface area contributed by atoms with E-state index in [4.69, 9.17) is 9.72 Å². The van der Waals surface area contributed by atoms with Crippen molar-refractivity contribution in [2.24, 2.45) is 7.05 Å². The van der Waals surface area contributed by atoms with E-state index in [1.165, 1.54) is 27.4 Å². The van der Waals surface area contributed by atoms with Gasteiger partial charge in [-0.05, 0) is 59.8 Å². The molecular formula is C42H34N5OPt-3. The molecule has 7 heteroatoms. The largest absolute Gasteiger partial charge is 0.509 e. The molecule has 0 bridgehead atoms. The fraction of sp³-hybridized carbons (Fsp3) is 0.143. The molecule has 246 valence electrons. The fourth-order valence-corrected chi connectivity index (χ4v) is 7.08. The van der Waals surface area contributed by atoms with E-state index in [-0.39, 0.29) is 26.5 Å². The van der Waals surface area contributed by atoms with E-state index in [1.807, 2.05) is 24.4 Å². The predicted octanol–water partition coefficient (Wildman–Crippen LogP) is 10.2. The van der Waals surface area contributed by atoms with Gasteiger partial charge in [0.05, 0.1) is 5.52 Å². The number of benzene rings is 5. The second-order valence-corrected chi connectivity index (χ2v) is 13.6. The summed E-state index contributed by atoms with van der Waals surface area (Å²) in [6, 6.07) is 43.1. The summed E-state index contributed by atoms with van der Waals surface area (Å²) < 4.78 is 11.0. The van der Waals surface area contributed by atoms with Crippen LogP contribution in [-0.4, -0.2) is 21.2 Å². The summed E-state index contributed by atoms with van der Waals surface area (Å²) >= 11 is 0. The minimum Gasteiger partial charge on any atom is -0.509 e. The normalized spacial score (nSPS) is 13.1. The van der Waals surface area contributed by atoms with Gasteiger partial charge in [-0.2, -0.15) is 18.8 Å². The number of aromatic nitrogens is 3. The zero-order valence-electron chi connectivity index (χ0n) is 27.9. The Morgan fingerprint density at radius 3 is 2.20 bits per heavy atom. The number of hydrogen-bond donors (Lipinski definition) is 0. The monoisotopic (exact) mass is 819 g/mol. The summed E-state index contributed by atoms with van der Waals surface area (Å²) in [6.07, 6.45) is 1.90. The zero-order chi connectivity index (χ0) is 32.7. The van der Waals surface area contributed by atoms with Crippen molar-refractivity contribution in [1.82, 2.24) is 14.1 Å². The van der Waals surface area contributed by atoms with Crippen molar-refractivity contribution in [3.05, 3.63) is 134 Å². The summed E-state index contributed by atoms with van der Waals surface area (Å²) in [6.45, 7) is 8.78. The molecule has 9 rings (SSSR count). The van der Waals surface area contributed by atoms with Gasteiger partial charge in [-0.3, -0.25) is 0 Å². The number of para-hydroxylation sites is 2. The molecule has 1 aliphatic rings. The minimum absolute atomic E-state index is 0. The summed E-state index contributed by atoms with van der Waals surface area (Å²) in [5, 5.41) is 4.73. The van der Waals surface area contributed by atoms with Crippen LogP contribution in [0.3, 0.4) is 0 Å². The van der Waals surface area contributed by atoms with Gasteiger partial charge >= 0.3 is 0 Å². The maximum Gasteiger partial charge on any atom is 0.135 e. The Bertz CT molecular complexity index is 2560. The molecule has 1 aliphatic heterocycles. The number of ether oxygens (including phenoxy) is 1. The maximum atomic E-state index is 6.50. The Morgan fingerprint density at radius 2 is 1.41 bits per heavy atom. The van der Waals surface area contributed by atoms with Crippen LogP contribution in [0.5, 0.6) is 11.5 Å². The van der Waals surface area contributed by atoms with E-state index in [1.54, 1.807) is 0 Å². The molecule has 3 aromatic heterocycles. The van der Waals surface area contributed by atoms with Gasteiger partial charge in [0.15, 0.2) is 0 Å². The number of aryl methyl sites for hydroxylation is 1. The van der Waals surface area contributed by atoms with Crippen molar-refractivity contribution in [1.29, 1.82) is 0 Å². The summed E-state index contributed by atoms with van der Waals surface area (Å²) in [7, 11) is 4.22. The zero-order valence-corrected chi connectivity index (χ0v) is 30.2. The van der Waals surface area contributed by atoms with Gasteiger partial charge < -0.3 is 23.7 Å². The van der Waals surface area contributed by atoms with Gasteiger partial charge in [-0.25, -0.2) is 4.98 Å². The summed E-state index contributed by atoms with van der Waals surface area (Å²) in [5.74, 6) is 2.10. The first-order chi connectivity index (χ1) is 23.2. The minimum atomic E-state index is -0.00172. The van der Waals surface area contributed by atoms with Gasteiger partial charge in [-0.15, -0.1) is 41.4 Å². The Morgan fingerprint density at radius 1 is 0.673 bits per heavy atom. The maximum absolute atomic E-state index is 6.50. The van der Waals surface area contributed by atoms with Crippen LogP contribution in [0.1, 0.15) is 26.3 Å². The van der Waals surface area contributed by atoms with Crippen LogP contribution < -0.4 is 14.5 Å². The van der Waals surface area contributed by atoms with E-state index in [0.717, 1.165) is 44.7 Å². The quantitative estimate of drug-likeness (QED) is 0.166. The van der Waals surface area contributed by atoms with E-state index in [0.29, 0.717) is 11.5 Å². The van der Waals surface area contributed by atoms with Crippen molar-refractivity contribution in [2.75, 3.05) is 16.8 Å². The standard InChI is InChI=1S/C42H34N5O.Pt/c1-42(2,3)27-19-20-43-41(21-27)47-36-16-9-7-13-31(36)33-18-17-30(23-38(33)47)48-29-12-10-11-28(22-29)46-26-44(4)39-25-37-34(24-40(39)46)32-14-6-8-15-35(32)45(37)5;/h6-21,24-26H,1-5H3;/q-3;. The second kappa shape index (κ2) is 11.5. The second-order valence-electron chi connectivity index (χ2n) is 13.6. The first-order valence-corrected chi connectivity index (χ1v) is 16.3. The first-order valence-electron chi connectivity index (χ1n) is 16.3. The number of anilines is 3. The molecule has 0 atom stereocenters. The molecule has 6 nitrogen and oxygen atoms in total. The molecule has 0 spiro atoms. The summed E-state index contributed by atoms with van der Waals surface area (Å²) in [5.41, 5.74) is 8.81. The van der Waals surface area contributed by atoms with Gasteiger partial charge in [0.25, 0.3) is 0 Å². The number of rotatable bonds is 4. The molecule has 0 amide bonds. The Hall–Kier alpha value is -5.06. The van der Waals surface area contributed by atoms with Crippen molar-refractivity contribution < 1.29 is 25.8 Å². The fourth-order valence-electron chi connectivity index (χ4n) is 7.08. The molecule has 8 aromatic rings. The van der Waals surface area contributed by atoms with Crippen LogP contribution in [0, 0.1) is 18.8 Å². The number of fused-ring (bicyclic) bond motifs is 7. The third-order valence-electron chi connectivity index (χ3n) is 9.57. The van der Waals surface area contributed by atoms with Crippen molar-refractivity contribution in [2.45, 2.75) is 26.2 Å². The van der Waals surface area contributed by atoms with Gasteiger partial charge in [0.1, 0.15) is 5.82 Å². The number of nitrogens with zero attached hydrogens (tertiary/aromatic N) is 5. The van der Waals surface area contributed by atoms with Gasteiger partial charge in [-0.1, -0.05) is 62.7 Å². The van der Waals surface area contributed by atoms with Crippen LogP contribution in [0.2, 0.25) is 0 Å². The first kappa shape index (κ1) is 31.2. The van der Waals surface area contributed by atoms with Gasteiger partial charge in [0.2, 0.25) is 0 Å². The Labute approximate surface area is 300 Å². The molecule has 0 saturated carbocycles. The van der Waals surface area contributed by atoms with Crippen molar-refractivity contribution in [3.63, 3.8) is 0 Å². The molecule has 0 unspecified atom stereocenters. The third-order valence-corrected chi connectivity index (χ3v) is 9.57. The molecule has 5 aromatic carbocycles. The Kier molecular flexibility index (Phi) is 7.35. The smallest absolute Gasteiger partial charge is 0.135 e. The molecule has 0 radical (unpaired) electrons.